The molecule has 0 bridgehead atoms. The Bertz CT molecular complexity index is 1190. The number of aryl methyl sites for hydroxylation is 1. The number of amides is 2. The van der Waals surface area contributed by atoms with Crippen molar-refractivity contribution >= 4 is 40.2 Å². The van der Waals surface area contributed by atoms with Gasteiger partial charge in [-0.1, -0.05) is 0 Å². The summed E-state index contributed by atoms with van der Waals surface area (Å²) in [5.41, 5.74) is 12.7. The van der Waals surface area contributed by atoms with Crippen molar-refractivity contribution in [3.8, 4) is 0 Å². The molecule has 0 spiro atoms. The van der Waals surface area contributed by atoms with Crippen molar-refractivity contribution in [1.82, 2.24) is 25.0 Å². The summed E-state index contributed by atoms with van der Waals surface area (Å²) >= 11 is 0. The molecule has 2 heterocycles. The van der Waals surface area contributed by atoms with E-state index in [1.54, 1.807) is 0 Å². The molecule has 0 aliphatic carbocycles. The van der Waals surface area contributed by atoms with E-state index in [1.165, 1.54) is 0 Å². The summed E-state index contributed by atoms with van der Waals surface area (Å²) in [6.45, 7) is 8.17. The van der Waals surface area contributed by atoms with Crippen molar-refractivity contribution < 1.29 is 22.8 Å². The number of nitrogens with one attached hydrogen (secondary N) is 2. The third kappa shape index (κ3) is 7.56. The van der Waals surface area contributed by atoms with Crippen LogP contribution in [0.15, 0.2) is 18.3 Å². The van der Waals surface area contributed by atoms with Crippen molar-refractivity contribution in [1.29, 1.82) is 0 Å². The van der Waals surface area contributed by atoms with Gasteiger partial charge in [-0.2, -0.15) is 23.3 Å². The summed E-state index contributed by atoms with van der Waals surface area (Å²) in [7, 11) is 0. The smallest absolute Gasteiger partial charge is 0.368 e. The second kappa shape index (κ2) is 9.89. The number of carbonyl (C=O) groups is 2. The molecule has 3 rings (SSSR count). The molecule has 2 aromatic heterocycles. The summed E-state index contributed by atoms with van der Waals surface area (Å²) in [5, 5.41) is 18.8. The summed E-state index contributed by atoms with van der Waals surface area (Å²) < 4.78 is 33.0. The molecule has 0 radical (unpaired) electrons. The first-order valence-electron chi connectivity index (χ1n) is 9.95. The number of primary amides is 2. The van der Waals surface area contributed by atoms with Gasteiger partial charge in [0.1, 0.15) is 0 Å². The van der Waals surface area contributed by atoms with Crippen LogP contribution in [0.5, 0.6) is 0 Å². The molecular formula is C20H26F3N9O2. The Labute approximate surface area is 193 Å². The summed E-state index contributed by atoms with van der Waals surface area (Å²) in [4.78, 5) is 26.8. The minimum absolute atomic E-state index is 0.0367. The minimum atomic E-state index is -4.00. The maximum Gasteiger partial charge on any atom is 0.386 e. The Balaban J connectivity index is 0.000000739. The summed E-state index contributed by atoms with van der Waals surface area (Å²) in [6.07, 6.45) is -2.04. The Kier molecular flexibility index (Phi) is 7.64. The quantitative estimate of drug-likeness (QED) is 0.417. The monoisotopic (exact) mass is 481 g/mol. The molecule has 0 unspecified atom stereocenters. The first kappa shape index (κ1) is 26.3. The number of aromatic nitrogens is 5. The van der Waals surface area contributed by atoms with Crippen LogP contribution in [0.2, 0.25) is 0 Å². The molecule has 0 saturated carbocycles. The Morgan fingerprint density at radius 3 is 2.24 bits per heavy atom. The number of hydrogen-bond acceptors (Lipinski definition) is 8. The average Bonchev–Trinajstić information content (AvgIpc) is 3.10. The van der Waals surface area contributed by atoms with Gasteiger partial charge in [0.2, 0.25) is 11.9 Å². The van der Waals surface area contributed by atoms with E-state index in [0.29, 0.717) is 5.69 Å². The lowest BCUT2D eigenvalue weighted by atomic mass is 10.1. The maximum atomic E-state index is 11.7. The van der Waals surface area contributed by atoms with Gasteiger partial charge >= 0.3 is 6.18 Å². The molecule has 1 aromatic carbocycles. The van der Waals surface area contributed by atoms with Gasteiger partial charge in [0.05, 0.1) is 17.6 Å². The normalized spacial score (nSPS) is 11.5. The molecule has 14 heteroatoms. The van der Waals surface area contributed by atoms with E-state index in [1.807, 2.05) is 29.9 Å². The number of fused-ring (bicyclic) bond motifs is 1. The second-order valence-corrected chi connectivity index (χ2v) is 8.40. The van der Waals surface area contributed by atoms with Crippen LogP contribution >= 0.6 is 0 Å². The van der Waals surface area contributed by atoms with E-state index >= 15 is 0 Å². The van der Waals surface area contributed by atoms with E-state index in [2.05, 4.69) is 51.7 Å². The number of rotatable bonds is 6. The van der Waals surface area contributed by atoms with E-state index in [9.17, 15) is 22.8 Å². The number of carbonyl (C=O) groups excluding carboxylic acids is 2. The van der Waals surface area contributed by atoms with Crippen LogP contribution < -0.4 is 22.1 Å². The number of halogens is 3. The zero-order chi connectivity index (χ0) is 25.8. The van der Waals surface area contributed by atoms with E-state index in [-0.39, 0.29) is 36.5 Å². The lowest BCUT2D eigenvalue weighted by Gasteiger charge is -2.18. The molecule has 2 amide bonds. The lowest BCUT2D eigenvalue weighted by molar-refractivity contribution is -0.116. The predicted octanol–water partition coefficient (Wildman–Crippen LogP) is 2.59. The van der Waals surface area contributed by atoms with Gasteiger partial charge in [-0.15, -0.1) is 10.2 Å². The molecule has 0 saturated heterocycles. The summed E-state index contributed by atoms with van der Waals surface area (Å²) in [6, 6.07) is 3.77. The van der Waals surface area contributed by atoms with Crippen LogP contribution in [0.3, 0.4) is 0 Å². The van der Waals surface area contributed by atoms with Crippen molar-refractivity contribution in [2.75, 3.05) is 17.2 Å². The zero-order valence-electron chi connectivity index (χ0n) is 19.3. The van der Waals surface area contributed by atoms with Gasteiger partial charge in [0, 0.05) is 24.2 Å². The van der Waals surface area contributed by atoms with E-state index < -0.39 is 18.0 Å². The summed E-state index contributed by atoms with van der Waals surface area (Å²) in [5.74, 6) is -1.22. The molecule has 6 N–H and O–H groups in total. The fraction of sp³-hybridized carbons (Fsp3) is 0.400. The highest BCUT2D eigenvalue weighted by atomic mass is 19.4. The third-order valence-corrected chi connectivity index (χ3v) is 4.09. The van der Waals surface area contributed by atoms with Crippen LogP contribution in [0.25, 0.3) is 10.9 Å². The van der Waals surface area contributed by atoms with E-state index in [4.69, 9.17) is 11.5 Å². The van der Waals surface area contributed by atoms with Crippen LogP contribution in [-0.2, 0) is 10.3 Å². The van der Waals surface area contributed by atoms with Gasteiger partial charge < -0.3 is 22.1 Å². The topological polar surface area (TPSA) is 167 Å². The standard InChI is InChI=1S/C18H23N9O2.C2H3F3/c1-9-5-11(6-10-8-27(18(2,3)4)26-13(9)10)22-16-14(15(20)29)24-25-17(23-16)21-7-12(19)28;1-2(3,4)5/h5-6,8H,7H2,1-4H3,(H2,19,28)(H2,20,29)(H2,21,22,23,25);1H3. The third-order valence-electron chi connectivity index (χ3n) is 4.09. The SMILES string of the molecule is CC(F)(F)F.Cc1cc(Nc2nc(NCC(N)=O)nnc2C(N)=O)cc2cn(C(C)(C)C)nc12. The van der Waals surface area contributed by atoms with E-state index in [0.717, 1.165) is 16.5 Å². The van der Waals surface area contributed by atoms with Crippen LogP contribution in [0, 0.1) is 6.92 Å². The molecule has 0 aliphatic rings. The van der Waals surface area contributed by atoms with Gasteiger partial charge in [-0.3, -0.25) is 14.3 Å². The molecule has 11 nitrogen and oxygen atoms in total. The number of nitrogens with two attached hydrogens (primary N) is 2. The van der Waals surface area contributed by atoms with Crippen LogP contribution in [-0.4, -0.2) is 49.5 Å². The van der Waals surface area contributed by atoms with Crippen LogP contribution in [0.1, 0.15) is 43.7 Å². The molecule has 0 aliphatic heterocycles. The Morgan fingerprint density at radius 2 is 1.71 bits per heavy atom. The zero-order valence-corrected chi connectivity index (χ0v) is 19.3. The number of nitrogens with zero attached hydrogens (tertiary/aromatic N) is 5. The largest absolute Gasteiger partial charge is 0.386 e. The first-order valence-corrected chi connectivity index (χ1v) is 9.95. The molecule has 34 heavy (non-hydrogen) atoms. The maximum absolute atomic E-state index is 11.7. The minimum Gasteiger partial charge on any atom is -0.368 e. The lowest BCUT2D eigenvalue weighted by Crippen LogP contribution is -2.24. The van der Waals surface area contributed by atoms with Crippen molar-refractivity contribution in [2.45, 2.75) is 46.3 Å². The van der Waals surface area contributed by atoms with Crippen molar-refractivity contribution in [3.05, 3.63) is 29.6 Å². The molecule has 184 valence electrons. The highest BCUT2D eigenvalue weighted by Gasteiger charge is 2.18. The molecule has 3 aromatic rings. The van der Waals surface area contributed by atoms with Gasteiger partial charge in [0.15, 0.2) is 11.5 Å². The molecular weight excluding hydrogens is 455 g/mol. The number of anilines is 3. The first-order chi connectivity index (χ1) is 15.5. The van der Waals surface area contributed by atoms with Crippen molar-refractivity contribution in [3.63, 3.8) is 0 Å². The number of benzene rings is 1. The predicted molar refractivity (Wildman–Crippen MR) is 121 cm³/mol. The van der Waals surface area contributed by atoms with Gasteiger partial charge in [0.25, 0.3) is 5.91 Å². The van der Waals surface area contributed by atoms with Gasteiger partial charge in [-0.25, -0.2) is 0 Å². The molecule has 0 atom stereocenters. The fourth-order valence-electron chi connectivity index (χ4n) is 2.68. The average molecular weight is 481 g/mol. The highest BCUT2D eigenvalue weighted by molar-refractivity contribution is 5.96. The highest BCUT2D eigenvalue weighted by Crippen LogP contribution is 2.27. The Morgan fingerprint density at radius 1 is 1.09 bits per heavy atom. The fourth-order valence-corrected chi connectivity index (χ4v) is 2.68. The van der Waals surface area contributed by atoms with Crippen LogP contribution in [0.4, 0.5) is 30.6 Å². The number of hydrogen-bond donors (Lipinski definition) is 4. The second-order valence-electron chi connectivity index (χ2n) is 8.40. The number of alkyl halides is 3. The Hall–Kier alpha value is -3.97. The van der Waals surface area contributed by atoms with Gasteiger partial charge in [-0.05, 0) is 45.4 Å². The molecule has 0 fully saturated rings. The van der Waals surface area contributed by atoms with Crippen molar-refractivity contribution in [2.24, 2.45) is 11.5 Å².